The van der Waals surface area contributed by atoms with Crippen LogP contribution in [-0.2, 0) is 4.84 Å². The summed E-state index contributed by atoms with van der Waals surface area (Å²) in [6.07, 6.45) is 0.978. The van der Waals surface area contributed by atoms with E-state index in [9.17, 15) is 19.7 Å². The van der Waals surface area contributed by atoms with Crippen LogP contribution >= 0.6 is 0 Å². The Balaban J connectivity index is 0.000000970. The third-order valence-corrected chi connectivity index (χ3v) is 3.15. The topological polar surface area (TPSA) is 111 Å². The van der Waals surface area contributed by atoms with E-state index in [0.29, 0.717) is 17.9 Å². The molecule has 0 saturated carbocycles. The van der Waals surface area contributed by atoms with Crippen molar-refractivity contribution in [3.05, 3.63) is 39.4 Å². The van der Waals surface area contributed by atoms with Crippen molar-refractivity contribution in [2.75, 3.05) is 33.9 Å². The smallest absolute Gasteiger partial charge is 0.294 e. The fraction of sp³-hybridized carbons (Fsp3) is 0.500. The Morgan fingerprint density at radius 2 is 1.88 bits per heavy atom. The molecule has 0 atom stereocenters. The summed E-state index contributed by atoms with van der Waals surface area (Å²) in [7, 11) is 3.75. The molecule has 9 nitrogen and oxygen atoms in total. The zero-order valence-electron chi connectivity index (χ0n) is 14.6. The third-order valence-electron chi connectivity index (χ3n) is 3.15. The standard InChI is InChI=1S/C14H16N2O6.C2H7N/c1-2-8-21-11-6-3-5-10-12(11)14(18)15(13(10)17)7-4-9-22-16(19)20;1-3-2/h3,5-6H,2,4,7-9H2,1H3;3H,1-2H3. The predicted molar refractivity (Wildman–Crippen MR) is 90.1 cm³/mol. The molecule has 1 aromatic carbocycles. The zero-order chi connectivity index (χ0) is 18.8. The molecule has 0 saturated heterocycles. The van der Waals surface area contributed by atoms with Crippen molar-refractivity contribution in [1.82, 2.24) is 10.2 Å². The van der Waals surface area contributed by atoms with Gasteiger partial charge < -0.3 is 14.9 Å². The van der Waals surface area contributed by atoms with E-state index >= 15 is 0 Å². The van der Waals surface area contributed by atoms with Gasteiger partial charge in [-0.05, 0) is 39.1 Å². The number of rotatable bonds is 8. The summed E-state index contributed by atoms with van der Waals surface area (Å²) in [5.74, 6) is -0.461. The lowest BCUT2D eigenvalue weighted by Crippen LogP contribution is -2.31. The van der Waals surface area contributed by atoms with Crippen molar-refractivity contribution in [3.63, 3.8) is 0 Å². The molecule has 1 heterocycles. The normalized spacial score (nSPS) is 12.4. The van der Waals surface area contributed by atoms with Crippen molar-refractivity contribution >= 4 is 11.8 Å². The Bertz CT molecular complexity index is 620. The number of fused-ring (bicyclic) bond motifs is 1. The summed E-state index contributed by atoms with van der Waals surface area (Å²) in [5.41, 5.74) is 0.560. The fourth-order valence-electron chi connectivity index (χ4n) is 2.20. The average Bonchev–Trinajstić information content (AvgIpc) is 2.82. The summed E-state index contributed by atoms with van der Waals surface area (Å²) in [6.45, 7) is 2.29. The van der Waals surface area contributed by atoms with E-state index in [-0.39, 0.29) is 25.1 Å². The molecule has 9 heteroatoms. The highest BCUT2D eigenvalue weighted by molar-refractivity contribution is 6.22. The Kier molecular flexibility index (Phi) is 8.34. The van der Waals surface area contributed by atoms with Gasteiger partial charge in [0.2, 0.25) is 0 Å². The van der Waals surface area contributed by atoms with Gasteiger partial charge in [-0.2, -0.15) is 0 Å². The van der Waals surface area contributed by atoms with E-state index in [0.717, 1.165) is 11.3 Å². The van der Waals surface area contributed by atoms with E-state index in [1.807, 2.05) is 21.0 Å². The quantitative estimate of drug-likeness (QED) is 0.326. The number of carbonyl (C=O) groups excluding carboxylic acids is 2. The van der Waals surface area contributed by atoms with Gasteiger partial charge in [0.25, 0.3) is 16.9 Å². The summed E-state index contributed by atoms with van der Waals surface area (Å²) < 4.78 is 5.51. The number of hydrogen-bond acceptors (Lipinski definition) is 7. The number of imide groups is 1. The number of amides is 2. The first-order valence-corrected chi connectivity index (χ1v) is 7.95. The molecular formula is C16H23N3O6. The van der Waals surface area contributed by atoms with Crippen LogP contribution in [-0.4, -0.2) is 55.7 Å². The highest BCUT2D eigenvalue weighted by Crippen LogP contribution is 2.31. The molecule has 0 aromatic heterocycles. The average molecular weight is 353 g/mol. The minimum atomic E-state index is -0.904. The monoisotopic (exact) mass is 353 g/mol. The van der Waals surface area contributed by atoms with Crippen LogP contribution in [0.1, 0.15) is 40.5 Å². The predicted octanol–water partition coefficient (Wildman–Crippen LogP) is 1.51. The van der Waals surface area contributed by atoms with Gasteiger partial charge in [-0.15, -0.1) is 10.1 Å². The van der Waals surface area contributed by atoms with Gasteiger partial charge in [-0.1, -0.05) is 13.0 Å². The molecule has 2 amide bonds. The van der Waals surface area contributed by atoms with Gasteiger partial charge in [0.1, 0.15) is 5.75 Å². The molecule has 0 fully saturated rings. The van der Waals surface area contributed by atoms with Gasteiger partial charge in [0.15, 0.2) is 0 Å². The fourth-order valence-corrected chi connectivity index (χ4v) is 2.20. The number of nitrogens with zero attached hydrogens (tertiary/aromatic N) is 2. The molecule has 0 radical (unpaired) electrons. The molecule has 0 spiro atoms. The van der Waals surface area contributed by atoms with Gasteiger partial charge in [-0.3, -0.25) is 14.5 Å². The molecule has 1 N–H and O–H groups in total. The van der Waals surface area contributed by atoms with Crippen LogP contribution in [0.15, 0.2) is 18.2 Å². The highest BCUT2D eigenvalue weighted by atomic mass is 16.9. The van der Waals surface area contributed by atoms with Crippen LogP contribution in [0.4, 0.5) is 0 Å². The zero-order valence-corrected chi connectivity index (χ0v) is 14.6. The maximum absolute atomic E-state index is 12.4. The van der Waals surface area contributed by atoms with Gasteiger partial charge in [0.05, 0.1) is 24.3 Å². The Labute approximate surface area is 146 Å². The van der Waals surface area contributed by atoms with Crippen molar-refractivity contribution in [2.24, 2.45) is 0 Å². The molecular weight excluding hydrogens is 330 g/mol. The lowest BCUT2D eigenvalue weighted by Gasteiger charge is -2.13. The summed E-state index contributed by atoms with van der Waals surface area (Å²) in [4.78, 5) is 39.9. The summed E-state index contributed by atoms with van der Waals surface area (Å²) >= 11 is 0. The Morgan fingerprint density at radius 3 is 2.48 bits per heavy atom. The lowest BCUT2D eigenvalue weighted by atomic mass is 10.1. The van der Waals surface area contributed by atoms with E-state index in [1.165, 1.54) is 0 Å². The first-order chi connectivity index (χ1) is 12.0. The van der Waals surface area contributed by atoms with Crippen molar-refractivity contribution in [3.8, 4) is 5.75 Å². The van der Waals surface area contributed by atoms with Crippen molar-refractivity contribution in [2.45, 2.75) is 19.8 Å². The first-order valence-electron chi connectivity index (χ1n) is 7.95. The van der Waals surface area contributed by atoms with E-state index < -0.39 is 16.9 Å². The van der Waals surface area contributed by atoms with Gasteiger partial charge in [0, 0.05) is 6.54 Å². The van der Waals surface area contributed by atoms with Crippen molar-refractivity contribution in [1.29, 1.82) is 0 Å². The Hall–Kier alpha value is -2.68. The van der Waals surface area contributed by atoms with Gasteiger partial charge >= 0.3 is 0 Å². The molecule has 0 unspecified atom stereocenters. The minimum Gasteiger partial charge on any atom is -0.493 e. The molecule has 0 bridgehead atoms. The van der Waals surface area contributed by atoms with Crippen LogP contribution in [0.25, 0.3) is 0 Å². The second-order valence-corrected chi connectivity index (χ2v) is 5.20. The number of carbonyl (C=O) groups is 2. The van der Waals surface area contributed by atoms with E-state index in [1.54, 1.807) is 18.2 Å². The van der Waals surface area contributed by atoms with Crippen LogP contribution < -0.4 is 10.1 Å². The third kappa shape index (κ3) is 5.42. The van der Waals surface area contributed by atoms with E-state index in [4.69, 9.17) is 4.74 Å². The first kappa shape index (κ1) is 20.4. The molecule has 1 aliphatic rings. The van der Waals surface area contributed by atoms with Crippen LogP contribution in [0.5, 0.6) is 5.75 Å². The second-order valence-electron chi connectivity index (χ2n) is 5.20. The van der Waals surface area contributed by atoms with Crippen LogP contribution in [0.2, 0.25) is 0 Å². The molecule has 138 valence electrons. The largest absolute Gasteiger partial charge is 0.493 e. The highest BCUT2D eigenvalue weighted by Gasteiger charge is 2.37. The minimum absolute atomic E-state index is 0.0629. The number of ether oxygens (including phenoxy) is 1. The molecule has 25 heavy (non-hydrogen) atoms. The van der Waals surface area contributed by atoms with Gasteiger partial charge in [-0.25, -0.2) is 0 Å². The molecule has 2 rings (SSSR count). The number of benzene rings is 1. The SMILES string of the molecule is CCCOc1cccc2c1C(=O)N(CCCO[N+](=O)[O-])C2=O.CNC. The van der Waals surface area contributed by atoms with E-state index in [2.05, 4.69) is 10.2 Å². The summed E-state index contributed by atoms with van der Waals surface area (Å²) in [5, 5.41) is 11.9. The summed E-state index contributed by atoms with van der Waals surface area (Å²) in [6, 6.07) is 4.88. The maximum atomic E-state index is 12.4. The maximum Gasteiger partial charge on any atom is 0.294 e. The second kappa shape index (κ2) is 10.2. The molecule has 1 aliphatic heterocycles. The number of nitrogens with one attached hydrogen (secondary N) is 1. The lowest BCUT2D eigenvalue weighted by molar-refractivity contribution is -0.757. The molecule has 1 aromatic rings. The van der Waals surface area contributed by atoms with Crippen molar-refractivity contribution < 1.29 is 24.3 Å². The Morgan fingerprint density at radius 1 is 1.20 bits per heavy atom. The molecule has 0 aliphatic carbocycles. The van der Waals surface area contributed by atoms with Crippen LogP contribution in [0, 0.1) is 10.1 Å². The number of hydrogen-bond donors (Lipinski definition) is 1. The van der Waals surface area contributed by atoms with Crippen LogP contribution in [0.3, 0.4) is 0 Å².